The Bertz CT molecular complexity index is 193. The van der Waals surface area contributed by atoms with Gasteiger partial charge in [-0.15, -0.1) is 0 Å². The van der Waals surface area contributed by atoms with Crippen molar-refractivity contribution in [1.29, 1.82) is 0 Å². The molecule has 1 rings (SSSR count). The fraction of sp³-hybridized carbons (Fsp3) is 1.00. The van der Waals surface area contributed by atoms with Crippen molar-refractivity contribution in [1.82, 2.24) is 0 Å². The average Bonchev–Trinajstić information content (AvgIpc) is 2.13. The fourth-order valence-corrected chi connectivity index (χ4v) is 2.26. The van der Waals surface area contributed by atoms with Gasteiger partial charge < -0.3 is 0 Å². The lowest BCUT2D eigenvalue weighted by Crippen LogP contribution is -2.04. The molecule has 1 fully saturated rings. The molecule has 0 bridgehead atoms. The first-order valence-electron chi connectivity index (χ1n) is 3.17. The lowest BCUT2D eigenvalue weighted by Gasteiger charge is -1.91. The Morgan fingerprint density at radius 2 is 2.00 bits per heavy atom. The predicted octanol–water partition coefficient (Wildman–Crippen LogP) is 0.687. The van der Waals surface area contributed by atoms with Crippen LogP contribution in [0.5, 0.6) is 0 Å². The van der Waals surface area contributed by atoms with E-state index in [0.29, 0.717) is 17.6 Å². The van der Waals surface area contributed by atoms with Gasteiger partial charge in [0.25, 0.3) is 0 Å². The van der Waals surface area contributed by atoms with E-state index in [1.807, 2.05) is 0 Å². The molecule has 0 heterocycles. The van der Waals surface area contributed by atoms with Crippen LogP contribution in [-0.2, 0) is 9.84 Å². The van der Waals surface area contributed by atoms with Crippen LogP contribution >= 0.6 is 0 Å². The number of hydrogen-bond acceptors (Lipinski definition) is 2. The molecule has 0 amide bonds. The second-order valence-corrected chi connectivity index (χ2v) is 5.25. The summed E-state index contributed by atoms with van der Waals surface area (Å²) in [6.07, 6.45) is 2.41. The first kappa shape index (κ1) is 7.06. The van der Waals surface area contributed by atoms with E-state index in [0.717, 1.165) is 6.42 Å². The van der Waals surface area contributed by atoms with Crippen LogP contribution in [0.1, 0.15) is 13.3 Å². The fourth-order valence-electron chi connectivity index (χ4n) is 1.02. The molecule has 0 N–H and O–H groups in total. The summed E-state index contributed by atoms with van der Waals surface area (Å²) in [4.78, 5) is 0. The SMILES string of the molecule is CC1CC1CS(C)(=O)=O. The molecule has 0 aromatic rings. The highest BCUT2D eigenvalue weighted by atomic mass is 32.2. The van der Waals surface area contributed by atoms with Gasteiger partial charge in [0.15, 0.2) is 0 Å². The second-order valence-electron chi connectivity index (χ2n) is 3.07. The minimum atomic E-state index is -2.69. The summed E-state index contributed by atoms with van der Waals surface area (Å²) >= 11 is 0. The standard InChI is InChI=1S/C6H12O2S/c1-5-3-6(5)4-9(2,7)8/h5-6H,3-4H2,1-2H3. The van der Waals surface area contributed by atoms with E-state index in [-0.39, 0.29) is 0 Å². The highest BCUT2D eigenvalue weighted by Gasteiger charge is 2.34. The van der Waals surface area contributed by atoms with E-state index in [2.05, 4.69) is 6.92 Å². The molecule has 1 aliphatic rings. The van der Waals surface area contributed by atoms with Gasteiger partial charge in [0.2, 0.25) is 0 Å². The van der Waals surface area contributed by atoms with Gasteiger partial charge >= 0.3 is 0 Å². The van der Waals surface area contributed by atoms with Crippen molar-refractivity contribution < 1.29 is 8.42 Å². The maximum Gasteiger partial charge on any atom is 0.147 e. The van der Waals surface area contributed by atoms with Crippen molar-refractivity contribution in [3.63, 3.8) is 0 Å². The molecule has 1 aliphatic carbocycles. The Morgan fingerprint density at radius 3 is 2.11 bits per heavy atom. The summed E-state index contributed by atoms with van der Waals surface area (Å²) in [5.74, 6) is 1.52. The van der Waals surface area contributed by atoms with Crippen molar-refractivity contribution in [3.8, 4) is 0 Å². The molecule has 3 heteroatoms. The zero-order chi connectivity index (χ0) is 7.07. The van der Waals surface area contributed by atoms with Gasteiger partial charge in [-0.05, 0) is 18.3 Å². The number of sulfone groups is 1. The van der Waals surface area contributed by atoms with Crippen LogP contribution in [0.3, 0.4) is 0 Å². The molecule has 2 unspecified atom stereocenters. The normalized spacial score (nSPS) is 34.4. The van der Waals surface area contributed by atoms with Crippen LogP contribution in [0.4, 0.5) is 0 Å². The van der Waals surface area contributed by atoms with Gasteiger partial charge in [-0.2, -0.15) is 0 Å². The van der Waals surface area contributed by atoms with Crippen molar-refractivity contribution in [3.05, 3.63) is 0 Å². The van der Waals surface area contributed by atoms with E-state index in [1.165, 1.54) is 6.26 Å². The first-order valence-corrected chi connectivity index (χ1v) is 5.23. The molecule has 0 aliphatic heterocycles. The van der Waals surface area contributed by atoms with Crippen LogP contribution in [-0.4, -0.2) is 20.4 Å². The summed E-state index contributed by atoms with van der Waals surface area (Å²) in [6, 6.07) is 0. The van der Waals surface area contributed by atoms with E-state index >= 15 is 0 Å². The quantitative estimate of drug-likeness (QED) is 0.577. The van der Waals surface area contributed by atoms with Gasteiger partial charge in [0, 0.05) is 6.26 Å². The highest BCUT2D eigenvalue weighted by molar-refractivity contribution is 7.90. The Kier molecular flexibility index (Phi) is 1.55. The van der Waals surface area contributed by atoms with E-state index in [1.54, 1.807) is 0 Å². The molecule has 0 aromatic carbocycles. The van der Waals surface area contributed by atoms with Gasteiger partial charge in [0.1, 0.15) is 9.84 Å². The topological polar surface area (TPSA) is 34.1 Å². The molecular weight excluding hydrogens is 136 g/mol. The maximum absolute atomic E-state index is 10.6. The zero-order valence-corrected chi connectivity index (χ0v) is 6.61. The number of hydrogen-bond donors (Lipinski definition) is 0. The summed E-state index contributed by atoms with van der Waals surface area (Å²) in [6.45, 7) is 2.09. The molecular formula is C6H12O2S. The van der Waals surface area contributed by atoms with Gasteiger partial charge in [-0.3, -0.25) is 0 Å². The minimum absolute atomic E-state index is 0.397. The van der Waals surface area contributed by atoms with Gasteiger partial charge in [-0.25, -0.2) is 8.42 Å². The molecule has 0 saturated heterocycles. The molecule has 2 atom stereocenters. The highest BCUT2D eigenvalue weighted by Crippen LogP contribution is 2.38. The zero-order valence-electron chi connectivity index (χ0n) is 5.79. The smallest absolute Gasteiger partial charge is 0.147 e. The summed E-state index contributed by atoms with van der Waals surface area (Å²) in [5, 5.41) is 0. The average molecular weight is 148 g/mol. The summed E-state index contributed by atoms with van der Waals surface area (Å²) in [7, 11) is -2.69. The Hall–Kier alpha value is -0.0500. The molecule has 2 nitrogen and oxygen atoms in total. The number of rotatable bonds is 2. The van der Waals surface area contributed by atoms with Crippen molar-refractivity contribution >= 4 is 9.84 Å². The molecule has 54 valence electrons. The largest absolute Gasteiger partial charge is 0.229 e. The maximum atomic E-state index is 10.6. The lowest BCUT2D eigenvalue weighted by molar-refractivity contribution is 0.596. The van der Waals surface area contributed by atoms with E-state index in [4.69, 9.17) is 0 Å². The van der Waals surface area contributed by atoms with Crippen LogP contribution in [0.25, 0.3) is 0 Å². The third kappa shape index (κ3) is 2.35. The lowest BCUT2D eigenvalue weighted by atomic mass is 10.4. The van der Waals surface area contributed by atoms with Gasteiger partial charge in [0.05, 0.1) is 5.75 Å². The Balaban J connectivity index is 2.37. The first-order chi connectivity index (χ1) is 3.99. The van der Waals surface area contributed by atoms with Crippen molar-refractivity contribution in [2.24, 2.45) is 11.8 Å². The molecule has 0 radical (unpaired) electrons. The van der Waals surface area contributed by atoms with Gasteiger partial charge in [-0.1, -0.05) is 6.92 Å². The summed E-state index contributed by atoms with van der Waals surface area (Å²) in [5.41, 5.74) is 0. The molecule has 1 saturated carbocycles. The Labute approximate surface area is 56.2 Å². The molecule has 0 aromatic heterocycles. The van der Waals surface area contributed by atoms with Crippen LogP contribution in [0.15, 0.2) is 0 Å². The predicted molar refractivity (Wildman–Crippen MR) is 37.0 cm³/mol. The molecule has 0 spiro atoms. The third-order valence-electron chi connectivity index (χ3n) is 1.79. The van der Waals surface area contributed by atoms with E-state index < -0.39 is 9.84 Å². The monoisotopic (exact) mass is 148 g/mol. The Morgan fingerprint density at radius 1 is 1.56 bits per heavy atom. The van der Waals surface area contributed by atoms with Crippen molar-refractivity contribution in [2.75, 3.05) is 12.0 Å². The van der Waals surface area contributed by atoms with Crippen LogP contribution in [0.2, 0.25) is 0 Å². The van der Waals surface area contributed by atoms with Crippen LogP contribution in [0, 0.1) is 11.8 Å². The molecule has 9 heavy (non-hydrogen) atoms. The second kappa shape index (κ2) is 1.97. The van der Waals surface area contributed by atoms with Crippen molar-refractivity contribution in [2.45, 2.75) is 13.3 Å². The summed E-state index contributed by atoms with van der Waals surface area (Å²) < 4.78 is 21.3. The minimum Gasteiger partial charge on any atom is -0.229 e. The van der Waals surface area contributed by atoms with E-state index in [9.17, 15) is 8.42 Å². The van der Waals surface area contributed by atoms with Crippen LogP contribution < -0.4 is 0 Å². The third-order valence-corrected chi connectivity index (χ3v) is 2.83.